The summed E-state index contributed by atoms with van der Waals surface area (Å²) in [5, 5.41) is 4.13. The normalized spacial score (nSPS) is 10.2. The topological polar surface area (TPSA) is 184 Å². The second kappa shape index (κ2) is 12.6. The molecule has 0 aliphatic heterocycles. The van der Waals surface area contributed by atoms with E-state index in [1.54, 1.807) is 13.8 Å². The molecule has 2 N–H and O–H groups in total. The van der Waals surface area contributed by atoms with Gasteiger partial charge in [-0.2, -0.15) is 0 Å². The first kappa shape index (κ1) is 27.3. The number of ether oxygens (including phenoxy) is 2. The second-order valence-corrected chi connectivity index (χ2v) is 7.23. The van der Waals surface area contributed by atoms with E-state index in [2.05, 4.69) is 25.6 Å². The van der Waals surface area contributed by atoms with Crippen LogP contribution in [0.4, 0.5) is 0 Å². The van der Waals surface area contributed by atoms with Crippen LogP contribution in [0.5, 0.6) is 0 Å². The minimum atomic E-state index is -0.955. The number of rotatable bonds is 8. The first-order valence-corrected chi connectivity index (χ1v) is 11.2. The molecule has 0 spiro atoms. The highest BCUT2D eigenvalue weighted by molar-refractivity contribution is 6.11. The summed E-state index contributed by atoms with van der Waals surface area (Å²) < 4.78 is 9.67. The van der Waals surface area contributed by atoms with Crippen LogP contribution in [0.2, 0.25) is 0 Å². The highest BCUT2D eigenvalue weighted by Gasteiger charge is 2.20. The van der Waals surface area contributed by atoms with Crippen LogP contribution in [0.1, 0.15) is 76.8 Å². The van der Waals surface area contributed by atoms with Crippen LogP contribution in [0.3, 0.4) is 0 Å². The van der Waals surface area contributed by atoms with Gasteiger partial charge in [-0.3, -0.25) is 29.8 Å². The predicted octanol–water partition coefficient (Wildman–Crippen LogP) is 1.37. The molecule has 3 heterocycles. The molecule has 0 saturated heterocycles. The first-order chi connectivity index (χ1) is 18.2. The summed E-state index contributed by atoms with van der Waals surface area (Å²) in [6.45, 7) is 3.47. The summed E-state index contributed by atoms with van der Waals surface area (Å²) in [6.07, 6.45) is 0. The molecule has 0 fully saturated rings. The Bertz CT molecular complexity index is 1320. The lowest BCUT2D eigenvalue weighted by atomic mass is 10.2. The zero-order valence-corrected chi connectivity index (χ0v) is 20.2. The summed E-state index contributed by atoms with van der Waals surface area (Å²) in [7, 11) is 0. The fraction of sp³-hybridized carbons (Fsp3) is 0.160. The molecule has 3 aromatic heterocycles. The molecule has 13 nitrogen and oxygen atoms in total. The van der Waals surface area contributed by atoms with Gasteiger partial charge in [0.25, 0.3) is 23.6 Å². The van der Waals surface area contributed by atoms with Gasteiger partial charge in [0.05, 0.1) is 13.2 Å². The number of nitrogens with one attached hydrogen (secondary N) is 2. The molecule has 0 radical (unpaired) electrons. The summed E-state index contributed by atoms with van der Waals surface area (Å²) in [5.74, 6) is -5.20. The first-order valence-electron chi connectivity index (χ1n) is 11.2. The Hall–Kier alpha value is -5.33. The third-order valence-electron chi connectivity index (χ3n) is 4.60. The summed E-state index contributed by atoms with van der Waals surface area (Å²) in [4.78, 5) is 85.3. The van der Waals surface area contributed by atoms with E-state index in [4.69, 9.17) is 9.47 Å². The van der Waals surface area contributed by atoms with E-state index in [1.807, 2.05) is 0 Å². The molecule has 0 saturated carbocycles. The SMILES string of the molecule is CCOC(=O)c1cccc(C(=O)NC(=O)c2cccc(C(=O)NC(=O)c3cccc(C(=O)OCC)n3)n2)n1. The number of amides is 4. The molecule has 0 bridgehead atoms. The zero-order chi connectivity index (χ0) is 27.7. The molecular formula is C25H21N5O8. The lowest BCUT2D eigenvalue weighted by molar-refractivity contribution is 0.0509. The monoisotopic (exact) mass is 519 g/mol. The minimum Gasteiger partial charge on any atom is -0.461 e. The lowest BCUT2D eigenvalue weighted by Gasteiger charge is -2.07. The molecule has 0 aliphatic rings. The maximum Gasteiger partial charge on any atom is 0.356 e. The number of aromatic nitrogens is 3. The van der Waals surface area contributed by atoms with Crippen LogP contribution in [-0.2, 0) is 9.47 Å². The number of carbonyl (C=O) groups excluding carboxylic acids is 6. The van der Waals surface area contributed by atoms with Crippen molar-refractivity contribution in [3.8, 4) is 0 Å². The number of hydrogen-bond donors (Lipinski definition) is 2. The van der Waals surface area contributed by atoms with Crippen molar-refractivity contribution in [2.75, 3.05) is 13.2 Å². The fourth-order valence-corrected chi connectivity index (χ4v) is 2.91. The van der Waals surface area contributed by atoms with E-state index >= 15 is 0 Å². The molecule has 0 unspecified atom stereocenters. The van der Waals surface area contributed by atoms with Crippen LogP contribution in [0.25, 0.3) is 0 Å². The van der Waals surface area contributed by atoms with Crippen LogP contribution < -0.4 is 10.6 Å². The minimum absolute atomic E-state index is 0.115. The van der Waals surface area contributed by atoms with Crippen molar-refractivity contribution in [2.45, 2.75) is 13.8 Å². The van der Waals surface area contributed by atoms with E-state index in [-0.39, 0.29) is 47.4 Å². The van der Waals surface area contributed by atoms with Gasteiger partial charge in [-0.05, 0) is 50.2 Å². The van der Waals surface area contributed by atoms with Crippen molar-refractivity contribution in [1.29, 1.82) is 0 Å². The Morgan fingerprint density at radius 1 is 0.526 bits per heavy atom. The summed E-state index contributed by atoms with van der Waals surface area (Å²) in [5.41, 5.74) is -1.28. The highest BCUT2D eigenvalue weighted by Crippen LogP contribution is 2.06. The number of pyridine rings is 3. The van der Waals surface area contributed by atoms with Crippen LogP contribution in [-0.4, -0.2) is 63.7 Å². The van der Waals surface area contributed by atoms with Gasteiger partial charge < -0.3 is 9.47 Å². The third kappa shape index (κ3) is 6.87. The van der Waals surface area contributed by atoms with Crippen molar-refractivity contribution in [1.82, 2.24) is 25.6 Å². The standard InChI is InChI=1S/C25H21N5O8/c1-3-37-24(35)18-12-6-10-16(27-18)22(33)29-20(31)14-8-5-9-15(26-14)21(32)30-23(34)17-11-7-13-19(28-17)25(36)38-4-2/h5-13H,3-4H2,1-2H3,(H,29,31,33)(H,30,32,34). The Kier molecular flexibility index (Phi) is 9.02. The number of imide groups is 2. The van der Waals surface area contributed by atoms with Crippen molar-refractivity contribution in [3.63, 3.8) is 0 Å². The molecule has 194 valence electrons. The van der Waals surface area contributed by atoms with Crippen molar-refractivity contribution < 1.29 is 38.2 Å². The lowest BCUT2D eigenvalue weighted by Crippen LogP contribution is -2.34. The molecule has 13 heteroatoms. The van der Waals surface area contributed by atoms with Gasteiger partial charge in [-0.25, -0.2) is 24.5 Å². The number of hydrogen-bond acceptors (Lipinski definition) is 11. The molecule has 4 amide bonds. The molecule has 0 aromatic carbocycles. The van der Waals surface area contributed by atoms with E-state index < -0.39 is 35.6 Å². The van der Waals surface area contributed by atoms with E-state index in [0.29, 0.717) is 0 Å². The Balaban J connectivity index is 1.68. The Morgan fingerprint density at radius 2 is 0.789 bits per heavy atom. The largest absolute Gasteiger partial charge is 0.461 e. The van der Waals surface area contributed by atoms with Gasteiger partial charge in [-0.1, -0.05) is 18.2 Å². The number of nitrogens with zero attached hydrogens (tertiary/aromatic N) is 3. The molecular weight excluding hydrogens is 498 g/mol. The quantitative estimate of drug-likeness (QED) is 0.323. The zero-order valence-electron chi connectivity index (χ0n) is 20.2. The molecule has 38 heavy (non-hydrogen) atoms. The third-order valence-corrected chi connectivity index (χ3v) is 4.60. The van der Waals surface area contributed by atoms with Crippen LogP contribution in [0, 0.1) is 0 Å². The smallest absolute Gasteiger partial charge is 0.356 e. The van der Waals surface area contributed by atoms with Gasteiger partial charge in [0, 0.05) is 0 Å². The van der Waals surface area contributed by atoms with Crippen molar-refractivity contribution >= 4 is 35.6 Å². The molecule has 3 rings (SSSR count). The van der Waals surface area contributed by atoms with E-state index in [9.17, 15) is 28.8 Å². The van der Waals surface area contributed by atoms with E-state index in [0.717, 1.165) is 0 Å². The Morgan fingerprint density at radius 3 is 1.08 bits per heavy atom. The Labute approximate surface area is 215 Å². The van der Waals surface area contributed by atoms with Crippen LogP contribution in [0.15, 0.2) is 54.6 Å². The predicted molar refractivity (Wildman–Crippen MR) is 128 cm³/mol. The molecule has 0 atom stereocenters. The van der Waals surface area contributed by atoms with Crippen molar-refractivity contribution in [2.24, 2.45) is 0 Å². The van der Waals surface area contributed by atoms with Gasteiger partial charge in [0.15, 0.2) is 0 Å². The number of carbonyl (C=O) groups is 6. The van der Waals surface area contributed by atoms with Crippen LogP contribution >= 0.6 is 0 Å². The van der Waals surface area contributed by atoms with E-state index in [1.165, 1.54) is 54.6 Å². The van der Waals surface area contributed by atoms with Gasteiger partial charge in [-0.15, -0.1) is 0 Å². The average Bonchev–Trinajstić information content (AvgIpc) is 2.93. The maximum absolute atomic E-state index is 12.6. The summed E-state index contributed by atoms with van der Waals surface area (Å²) in [6, 6.07) is 11.9. The maximum atomic E-state index is 12.6. The molecule has 3 aromatic rings. The van der Waals surface area contributed by atoms with Crippen molar-refractivity contribution in [3.05, 3.63) is 88.8 Å². The fourth-order valence-electron chi connectivity index (χ4n) is 2.91. The second-order valence-electron chi connectivity index (χ2n) is 7.23. The van der Waals surface area contributed by atoms with Gasteiger partial charge >= 0.3 is 11.9 Å². The molecule has 0 aliphatic carbocycles. The van der Waals surface area contributed by atoms with Gasteiger partial charge in [0.1, 0.15) is 34.2 Å². The summed E-state index contributed by atoms with van der Waals surface area (Å²) >= 11 is 0. The highest BCUT2D eigenvalue weighted by atomic mass is 16.5. The number of esters is 2. The average molecular weight is 519 g/mol. The van der Waals surface area contributed by atoms with Gasteiger partial charge in [0.2, 0.25) is 0 Å².